The summed E-state index contributed by atoms with van der Waals surface area (Å²) in [4.78, 5) is 24.5. The van der Waals surface area contributed by atoms with Gasteiger partial charge in [0.25, 0.3) is 0 Å². The number of carboxylic acids is 1. The lowest BCUT2D eigenvalue weighted by Gasteiger charge is -2.31. The molecule has 0 spiro atoms. The molecule has 0 radical (unpaired) electrons. The van der Waals surface area contributed by atoms with Gasteiger partial charge >= 0.3 is 12.0 Å². The summed E-state index contributed by atoms with van der Waals surface area (Å²) in [6.45, 7) is 3.61. The average Bonchev–Trinajstić information content (AvgIpc) is 2.84. The zero-order chi connectivity index (χ0) is 14.5. The second-order valence-corrected chi connectivity index (χ2v) is 5.07. The van der Waals surface area contributed by atoms with Crippen LogP contribution >= 0.6 is 0 Å². The summed E-state index contributed by atoms with van der Waals surface area (Å²) in [5.41, 5.74) is 0. The Morgan fingerprint density at radius 3 is 2.70 bits per heavy atom. The van der Waals surface area contributed by atoms with Crippen molar-refractivity contribution in [1.82, 2.24) is 10.2 Å². The lowest BCUT2D eigenvalue weighted by atomic mass is 9.85. The van der Waals surface area contributed by atoms with Gasteiger partial charge in [0.1, 0.15) is 5.76 Å². The molecule has 1 saturated carbocycles. The summed E-state index contributed by atoms with van der Waals surface area (Å²) in [5, 5.41) is 11.5. The van der Waals surface area contributed by atoms with Gasteiger partial charge in [0.05, 0.1) is 6.54 Å². The van der Waals surface area contributed by atoms with Crippen LogP contribution in [0.3, 0.4) is 0 Å². The molecular formula is C14H20N2O4. The minimum atomic E-state index is -1.11. The molecule has 0 unspecified atom stereocenters. The van der Waals surface area contributed by atoms with E-state index in [-0.39, 0.29) is 18.3 Å². The number of furan rings is 1. The quantitative estimate of drug-likeness (QED) is 0.837. The van der Waals surface area contributed by atoms with E-state index in [0.717, 1.165) is 6.54 Å². The maximum atomic E-state index is 12.0. The van der Waals surface area contributed by atoms with Crippen LogP contribution in [0, 0.1) is 5.92 Å². The van der Waals surface area contributed by atoms with Gasteiger partial charge in [0, 0.05) is 13.1 Å². The monoisotopic (exact) mass is 280 g/mol. The number of urea groups is 1. The maximum Gasteiger partial charge on any atom is 0.371 e. The highest BCUT2D eigenvalue weighted by molar-refractivity contribution is 5.84. The van der Waals surface area contributed by atoms with E-state index < -0.39 is 5.97 Å². The van der Waals surface area contributed by atoms with Gasteiger partial charge in [-0.1, -0.05) is 6.42 Å². The number of carbonyl (C=O) groups is 2. The summed E-state index contributed by atoms with van der Waals surface area (Å²) < 4.78 is 5.09. The molecule has 1 aliphatic rings. The Balaban J connectivity index is 1.81. The third kappa shape index (κ3) is 3.53. The molecule has 1 aromatic heterocycles. The average molecular weight is 280 g/mol. The van der Waals surface area contributed by atoms with Crippen LogP contribution in [-0.2, 0) is 6.54 Å². The first kappa shape index (κ1) is 14.4. The van der Waals surface area contributed by atoms with Gasteiger partial charge in [-0.2, -0.15) is 0 Å². The van der Waals surface area contributed by atoms with Crippen molar-refractivity contribution in [3.8, 4) is 0 Å². The smallest absolute Gasteiger partial charge is 0.371 e. The predicted molar refractivity (Wildman–Crippen MR) is 72.5 cm³/mol. The Bertz CT molecular complexity index is 479. The van der Waals surface area contributed by atoms with Crippen molar-refractivity contribution >= 4 is 12.0 Å². The molecule has 0 atom stereocenters. The first-order valence-corrected chi connectivity index (χ1v) is 6.95. The molecule has 20 heavy (non-hydrogen) atoms. The molecule has 6 heteroatoms. The predicted octanol–water partition coefficient (Wildman–Crippen LogP) is 2.31. The molecule has 110 valence electrons. The summed E-state index contributed by atoms with van der Waals surface area (Å²) in [5.74, 6) is -0.155. The number of aromatic carboxylic acids is 1. The van der Waals surface area contributed by atoms with Crippen LogP contribution in [0.25, 0.3) is 0 Å². The van der Waals surface area contributed by atoms with Crippen molar-refractivity contribution in [3.63, 3.8) is 0 Å². The van der Waals surface area contributed by atoms with Crippen molar-refractivity contribution in [2.24, 2.45) is 5.92 Å². The van der Waals surface area contributed by atoms with Crippen LogP contribution in [0.4, 0.5) is 4.79 Å². The SMILES string of the molecule is CCN(CC1CCC1)C(=O)NCc1ccc(C(=O)O)o1. The Hall–Kier alpha value is -1.98. The number of nitrogens with zero attached hydrogens (tertiary/aromatic N) is 1. The van der Waals surface area contributed by atoms with Gasteiger partial charge in [-0.15, -0.1) is 0 Å². The fraction of sp³-hybridized carbons (Fsp3) is 0.571. The van der Waals surface area contributed by atoms with E-state index in [2.05, 4.69) is 5.32 Å². The number of carboxylic acid groups (broad SMARTS) is 1. The number of hydrogen-bond acceptors (Lipinski definition) is 3. The van der Waals surface area contributed by atoms with Crippen LogP contribution in [0.1, 0.15) is 42.5 Å². The highest BCUT2D eigenvalue weighted by atomic mass is 16.4. The van der Waals surface area contributed by atoms with E-state index in [9.17, 15) is 9.59 Å². The van der Waals surface area contributed by atoms with Crippen LogP contribution in [-0.4, -0.2) is 35.1 Å². The van der Waals surface area contributed by atoms with Crippen molar-refractivity contribution in [2.75, 3.05) is 13.1 Å². The Morgan fingerprint density at radius 2 is 2.20 bits per heavy atom. The number of nitrogens with one attached hydrogen (secondary N) is 1. The van der Waals surface area contributed by atoms with E-state index >= 15 is 0 Å². The number of amides is 2. The number of hydrogen-bond donors (Lipinski definition) is 2. The lowest BCUT2D eigenvalue weighted by molar-refractivity contribution is 0.0660. The molecule has 2 N–H and O–H groups in total. The molecule has 1 aliphatic carbocycles. The molecule has 2 amide bonds. The van der Waals surface area contributed by atoms with Gasteiger partial charge in [-0.25, -0.2) is 9.59 Å². The van der Waals surface area contributed by atoms with Crippen LogP contribution in [0.15, 0.2) is 16.5 Å². The van der Waals surface area contributed by atoms with Crippen molar-refractivity contribution in [3.05, 3.63) is 23.7 Å². The maximum absolute atomic E-state index is 12.0. The summed E-state index contributed by atoms with van der Waals surface area (Å²) in [7, 11) is 0. The summed E-state index contributed by atoms with van der Waals surface area (Å²) in [6.07, 6.45) is 3.65. The topological polar surface area (TPSA) is 82.8 Å². The van der Waals surface area contributed by atoms with Gasteiger partial charge < -0.3 is 19.7 Å². The minimum absolute atomic E-state index is 0.115. The van der Waals surface area contributed by atoms with Gasteiger partial charge in [-0.3, -0.25) is 0 Å². The first-order valence-electron chi connectivity index (χ1n) is 6.95. The number of rotatable bonds is 6. The van der Waals surface area contributed by atoms with Gasteiger partial charge in [0.2, 0.25) is 5.76 Å². The largest absolute Gasteiger partial charge is 0.475 e. The lowest BCUT2D eigenvalue weighted by Crippen LogP contribution is -2.43. The molecule has 0 aliphatic heterocycles. The van der Waals surface area contributed by atoms with Crippen LogP contribution in [0.5, 0.6) is 0 Å². The standard InChI is InChI=1S/C14H20N2O4/c1-2-16(9-10-4-3-5-10)14(19)15-8-11-6-7-12(20-11)13(17)18/h6-7,10H,2-5,8-9H2,1H3,(H,15,19)(H,17,18). The molecule has 0 saturated heterocycles. The van der Waals surface area contributed by atoms with Crippen molar-refractivity contribution in [1.29, 1.82) is 0 Å². The minimum Gasteiger partial charge on any atom is -0.475 e. The van der Waals surface area contributed by atoms with Gasteiger partial charge in [-0.05, 0) is 37.8 Å². The molecule has 0 aromatic carbocycles. The Morgan fingerprint density at radius 1 is 1.45 bits per heavy atom. The Kier molecular flexibility index (Phi) is 4.65. The molecule has 1 fully saturated rings. The summed E-state index contributed by atoms with van der Waals surface area (Å²) >= 11 is 0. The first-order chi connectivity index (χ1) is 9.60. The van der Waals surface area contributed by atoms with E-state index in [0.29, 0.717) is 18.2 Å². The number of carbonyl (C=O) groups excluding carboxylic acids is 1. The Labute approximate surface area is 117 Å². The second-order valence-electron chi connectivity index (χ2n) is 5.07. The zero-order valence-corrected chi connectivity index (χ0v) is 11.6. The van der Waals surface area contributed by atoms with Crippen molar-refractivity contribution < 1.29 is 19.1 Å². The van der Waals surface area contributed by atoms with Crippen LogP contribution in [0.2, 0.25) is 0 Å². The molecule has 1 aromatic rings. The van der Waals surface area contributed by atoms with E-state index in [1.54, 1.807) is 11.0 Å². The van der Waals surface area contributed by atoms with Gasteiger partial charge in [0.15, 0.2) is 0 Å². The highest BCUT2D eigenvalue weighted by Crippen LogP contribution is 2.27. The third-order valence-electron chi connectivity index (χ3n) is 3.66. The molecule has 1 heterocycles. The van der Waals surface area contributed by atoms with Crippen molar-refractivity contribution in [2.45, 2.75) is 32.7 Å². The fourth-order valence-corrected chi connectivity index (χ4v) is 2.21. The highest BCUT2D eigenvalue weighted by Gasteiger charge is 2.22. The molecular weight excluding hydrogens is 260 g/mol. The molecule has 6 nitrogen and oxygen atoms in total. The fourth-order valence-electron chi connectivity index (χ4n) is 2.21. The second kappa shape index (κ2) is 6.45. The van der Waals surface area contributed by atoms with E-state index in [4.69, 9.17) is 9.52 Å². The van der Waals surface area contributed by atoms with E-state index in [1.165, 1.54) is 25.3 Å². The molecule has 0 bridgehead atoms. The third-order valence-corrected chi connectivity index (χ3v) is 3.66. The van der Waals surface area contributed by atoms with E-state index in [1.807, 2.05) is 6.92 Å². The summed E-state index contributed by atoms with van der Waals surface area (Å²) in [6, 6.07) is 2.81. The normalized spacial score (nSPS) is 14.7. The zero-order valence-electron chi connectivity index (χ0n) is 11.6. The van der Waals surface area contributed by atoms with Crippen LogP contribution < -0.4 is 5.32 Å². The molecule has 2 rings (SSSR count).